The molecule has 4 rings (SSSR count). The first-order chi connectivity index (χ1) is 10.1. The fraction of sp³-hybridized carbons (Fsp3) is 0.333. The number of anilines is 1. The molecule has 1 N–H and O–H groups in total. The number of pyridine rings is 1. The van der Waals surface area contributed by atoms with Gasteiger partial charge in [0.25, 0.3) is 0 Å². The molecule has 0 spiro atoms. The van der Waals surface area contributed by atoms with E-state index in [-0.39, 0.29) is 46.9 Å². The number of carbonyl (C=O) groups excluding carboxylic acids is 2. The number of fused-ring (bicyclic) bond motifs is 5. The number of carbonyl (C=O) groups is 3. The first-order valence-electron chi connectivity index (χ1n) is 6.84. The summed E-state index contributed by atoms with van der Waals surface area (Å²) < 4.78 is 0. The predicted octanol–water partition coefficient (Wildman–Crippen LogP) is 1.09. The molecule has 4 unspecified atom stereocenters. The first-order valence-corrected chi connectivity index (χ1v) is 6.84. The maximum absolute atomic E-state index is 12.6. The fourth-order valence-corrected chi connectivity index (χ4v) is 3.85. The van der Waals surface area contributed by atoms with Gasteiger partial charge >= 0.3 is 5.97 Å². The molecule has 1 saturated heterocycles. The average molecular weight is 284 g/mol. The van der Waals surface area contributed by atoms with Crippen LogP contribution in [0.2, 0.25) is 0 Å². The van der Waals surface area contributed by atoms with Crippen molar-refractivity contribution in [3.05, 3.63) is 36.0 Å². The van der Waals surface area contributed by atoms with E-state index >= 15 is 0 Å². The van der Waals surface area contributed by atoms with Gasteiger partial charge in [-0.2, -0.15) is 0 Å². The Morgan fingerprint density at radius 3 is 2.38 bits per heavy atom. The molecule has 2 fully saturated rings. The van der Waals surface area contributed by atoms with Crippen LogP contribution in [-0.4, -0.2) is 27.9 Å². The second kappa shape index (κ2) is 4.00. The third-order valence-corrected chi connectivity index (χ3v) is 4.70. The van der Waals surface area contributed by atoms with Gasteiger partial charge in [0, 0.05) is 6.20 Å². The molecular formula is C15H12N2O4. The summed E-state index contributed by atoms with van der Waals surface area (Å²) in [6.07, 6.45) is 6.23. The summed E-state index contributed by atoms with van der Waals surface area (Å²) in [6.45, 7) is 0. The summed E-state index contributed by atoms with van der Waals surface area (Å²) in [5, 5.41) is 9.22. The number of carboxylic acids is 1. The van der Waals surface area contributed by atoms with Gasteiger partial charge in [-0.1, -0.05) is 12.2 Å². The second-order valence-electron chi connectivity index (χ2n) is 5.69. The van der Waals surface area contributed by atoms with Crippen LogP contribution in [0.5, 0.6) is 0 Å². The number of imide groups is 1. The zero-order valence-electron chi connectivity index (χ0n) is 11.0. The van der Waals surface area contributed by atoms with Crippen molar-refractivity contribution in [3.63, 3.8) is 0 Å². The van der Waals surface area contributed by atoms with Crippen LogP contribution in [0.15, 0.2) is 30.5 Å². The van der Waals surface area contributed by atoms with Crippen molar-refractivity contribution in [2.75, 3.05) is 4.90 Å². The molecule has 1 aromatic rings. The van der Waals surface area contributed by atoms with Gasteiger partial charge in [0.15, 0.2) is 5.82 Å². The number of rotatable bonds is 2. The van der Waals surface area contributed by atoms with E-state index in [1.807, 2.05) is 12.2 Å². The lowest BCUT2D eigenvalue weighted by atomic mass is 9.85. The Hall–Kier alpha value is -2.50. The van der Waals surface area contributed by atoms with Crippen LogP contribution in [0.25, 0.3) is 0 Å². The van der Waals surface area contributed by atoms with Gasteiger partial charge in [-0.3, -0.25) is 9.59 Å². The number of allylic oxidation sites excluding steroid dienone is 2. The van der Waals surface area contributed by atoms with Crippen molar-refractivity contribution in [3.8, 4) is 0 Å². The van der Waals surface area contributed by atoms with Crippen LogP contribution >= 0.6 is 0 Å². The van der Waals surface area contributed by atoms with Crippen LogP contribution in [0.4, 0.5) is 5.82 Å². The minimum atomic E-state index is -1.20. The number of carboxylic acid groups (broad SMARTS) is 1. The lowest BCUT2D eigenvalue weighted by Crippen LogP contribution is -2.34. The summed E-state index contributed by atoms with van der Waals surface area (Å²) in [6, 6.07) is 2.83. The van der Waals surface area contributed by atoms with Crippen molar-refractivity contribution in [2.45, 2.75) is 6.42 Å². The van der Waals surface area contributed by atoms with E-state index in [1.165, 1.54) is 18.3 Å². The molecule has 1 aromatic heterocycles. The van der Waals surface area contributed by atoms with Crippen LogP contribution in [0.1, 0.15) is 16.8 Å². The zero-order chi connectivity index (χ0) is 14.7. The number of hydrogen-bond donors (Lipinski definition) is 1. The van der Waals surface area contributed by atoms with E-state index in [1.54, 1.807) is 0 Å². The zero-order valence-corrected chi connectivity index (χ0v) is 11.0. The smallest absolute Gasteiger partial charge is 0.339 e. The Morgan fingerprint density at radius 2 is 1.81 bits per heavy atom. The highest BCUT2D eigenvalue weighted by molar-refractivity contribution is 6.23. The number of aromatic nitrogens is 1. The monoisotopic (exact) mass is 284 g/mol. The molecule has 3 aliphatic rings. The number of aromatic carboxylic acids is 1. The van der Waals surface area contributed by atoms with Crippen molar-refractivity contribution in [2.24, 2.45) is 23.7 Å². The first kappa shape index (κ1) is 12.3. The van der Waals surface area contributed by atoms with Gasteiger partial charge in [-0.25, -0.2) is 14.7 Å². The lowest BCUT2D eigenvalue weighted by molar-refractivity contribution is -0.123. The molecule has 4 atom stereocenters. The van der Waals surface area contributed by atoms with Gasteiger partial charge < -0.3 is 5.11 Å². The van der Waals surface area contributed by atoms with Gasteiger partial charge in [0.1, 0.15) is 5.56 Å². The molecule has 106 valence electrons. The van der Waals surface area contributed by atoms with Crippen LogP contribution < -0.4 is 4.90 Å². The largest absolute Gasteiger partial charge is 0.478 e. The number of nitrogens with zero attached hydrogens (tertiary/aromatic N) is 2. The maximum atomic E-state index is 12.6. The summed E-state index contributed by atoms with van der Waals surface area (Å²) in [5.41, 5.74) is -0.125. The molecule has 6 nitrogen and oxygen atoms in total. The molecule has 1 aliphatic heterocycles. The molecule has 0 radical (unpaired) electrons. The van der Waals surface area contributed by atoms with E-state index < -0.39 is 5.97 Å². The lowest BCUT2D eigenvalue weighted by Gasteiger charge is -2.17. The van der Waals surface area contributed by atoms with Crippen molar-refractivity contribution >= 4 is 23.6 Å². The average Bonchev–Trinajstić information content (AvgIpc) is 3.13. The molecule has 2 bridgehead atoms. The highest BCUT2D eigenvalue weighted by Crippen LogP contribution is 2.53. The van der Waals surface area contributed by atoms with Gasteiger partial charge in [-0.05, 0) is 30.4 Å². The van der Waals surface area contributed by atoms with Crippen LogP contribution in [-0.2, 0) is 9.59 Å². The standard InChI is InChI=1S/C15H12N2O4/c18-13-10-7-3-4-8(6-7)11(10)14(19)17(13)12-9(15(20)21)2-1-5-16-12/h1-5,7-8,10-11H,6H2,(H,20,21). The Kier molecular flexibility index (Phi) is 2.34. The summed E-state index contributed by atoms with van der Waals surface area (Å²) >= 11 is 0. The molecule has 2 heterocycles. The quantitative estimate of drug-likeness (QED) is 0.649. The highest BCUT2D eigenvalue weighted by atomic mass is 16.4. The SMILES string of the molecule is O=C(O)c1cccnc1N1C(=O)C2C3C=CC(C3)C2C1=O. The van der Waals surface area contributed by atoms with Crippen LogP contribution in [0, 0.1) is 23.7 Å². The van der Waals surface area contributed by atoms with E-state index in [0.717, 1.165) is 11.3 Å². The van der Waals surface area contributed by atoms with Gasteiger partial charge in [-0.15, -0.1) is 0 Å². The van der Waals surface area contributed by atoms with Crippen molar-refractivity contribution in [1.29, 1.82) is 0 Å². The van der Waals surface area contributed by atoms with Gasteiger partial charge in [0.05, 0.1) is 11.8 Å². The van der Waals surface area contributed by atoms with Crippen molar-refractivity contribution in [1.82, 2.24) is 4.98 Å². The molecule has 2 aliphatic carbocycles. The minimum Gasteiger partial charge on any atom is -0.478 e. The summed E-state index contributed by atoms with van der Waals surface area (Å²) in [7, 11) is 0. The van der Waals surface area contributed by atoms with E-state index in [2.05, 4.69) is 4.98 Å². The number of hydrogen-bond acceptors (Lipinski definition) is 4. The Balaban J connectivity index is 1.80. The number of amides is 2. The summed E-state index contributed by atoms with van der Waals surface area (Å²) in [5.74, 6) is -2.40. The second-order valence-corrected chi connectivity index (χ2v) is 5.69. The Morgan fingerprint density at radius 1 is 1.19 bits per heavy atom. The molecule has 1 saturated carbocycles. The maximum Gasteiger partial charge on any atom is 0.339 e. The minimum absolute atomic E-state index is 0.0613. The Labute approximate surface area is 120 Å². The third kappa shape index (κ3) is 1.47. The Bertz CT molecular complexity index is 681. The van der Waals surface area contributed by atoms with E-state index in [4.69, 9.17) is 0 Å². The molecule has 0 aromatic carbocycles. The third-order valence-electron chi connectivity index (χ3n) is 4.70. The van der Waals surface area contributed by atoms with E-state index in [9.17, 15) is 19.5 Å². The molecule has 2 amide bonds. The topological polar surface area (TPSA) is 87.6 Å². The fourth-order valence-electron chi connectivity index (χ4n) is 3.85. The normalized spacial score (nSPS) is 32.9. The predicted molar refractivity (Wildman–Crippen MR) is 71.4 cm³/mol. The van der Waals surface area contributed by atoms with Crippen LogP contribution in [0.3, 0.4) is 0 Å². The van der Waals surface area contributed by atoms with Gasteiger partial charge in [0.2, 0.25) is 11.8 Å². The highest BCUT2D eigenvalue weighted by Gasteiger charge is 2.60. The molecule has 6 heteroatoms. The van der Waals surface area contributed by atoms with Crippen molar-refractivity contribution < 1.29 is 19.5 Å². The molecular weight excluding hydrogens is 272 g/mol. The summed E-state index contributed by atoms with van der Waals surface area (Å²) in [4.78, 5) is 41.4. The van der Waals surface area contributed by atoms with E-state index in [0.29, 0.717) is 0 Å². The molecule has 21 heavy (non-hydrogen) atoms.